The van der Waals surface area contributed by atoms with Gasteiger partial charge in [-0.1, -0.05) is 17.3 Å². The summed E-state index contributed by atoms with van der Waals surface area (Å²) in [6.45, 7) is 2.62. The maximum absolute atomic E-state index is 13.0. The van der Waals surface area contributed by atoms with Gasteiger partial charge in [0.1, 0.15) is 17.0 Å². The highest BCUT2D eigenvalue weighted by Gasteiger charge is 2.31. The molecule has 0 aliphatic carbocycles. The summed E-state index contributed by atoms with van der Waals surface area (Å²) in [4.78, 5) is 25.7. The molecule has 4 heterocycles. The molecule has 2 aliphatic rings. The van der Waals surface area contributed by atoms with Crippen molar-refractivity contribution in [1.29, 1.82) is 0 Å². The lowest BCUT2D eigenvalue weighted by atomic mass is 9.84. The zero-order chi connectivity index (χ0) is 21.4. The summed E-state index contributed by atoms with van der Waals surface area (Å²) in [7, 11) is 1.60. The number of nitrogens with one attached hydrogen (secondary N) is 2. The number of carbonyl (C=O) groups is 1. The Morgan fingerprint density at radius 3 is 3.06 bits per heavy atom. The molecule has 2 N–H and O–H groups in total. The van der Waals surface area contributed by atoms with Crippen LogP contribution in [0.5, 0.6) is 5.75 Å². The number of benzene rings is 1. The van der Waals surface area contributed by atoms with Crippen LogP contribution in [0, 0.1) is 5.92 Å². The Labute approximate surface area is 179 Å². The van der Waals surface area contributed by atoms with Crippen molar-refractivity contribution in [2.75, 3.05) is 20.2 Å². The van der Waals surface area contributed by atoms with Gasteiger partial charge in [-0.15, -0.1) is 0 Å². The Morgan fingerprint density at radius 2 is 2.19 bits per heavy atom. The van der Waals surface area contributed by atoms with Crippen molar-refractivity contribution >= 4 is 5.91 Å². The lowest BCUT2D eigenvalue weighted by Gasteiger charge is -2.37. The maximum atomic E-state index is 13.0. The van der Waals surface area contributed by atoms with Crippen LogP contribution in [0.2, 0.25) is 0 Å². The second kappa shape index (κ2) is 8.03. The molecule has 0 radical (unpaired) electrons. The predicted molar refractivity (Wildman–Crippen MR) is 114 cm³/mol. The number of amides is 1. The number of hydrogen-bond acceptors (Lipinski definition) is 6. The third-order valence-electron chi connectivity index (χ3n) is 6.10. The van der Waals surface area contributed by atoms with Crippen LogP contribution < -0.4 is 20.9 Å². The minimum atomic E-state index is -0.403. The fourth-order valence-corrected chi connectivity index (χ4v) is 4.54. The molecular formula is C23H24N4O4. The van der Waals surface area contributed by atoms with Crippen molar-refractivity contribution in [2.45, 2.75) is 25.4 Å². The lowest BCUT2D eigenvalue weighted by molar-refractivity contribution is 0.0947. The van der Waals surface area contributed by atoms with Crippen molar-refractivity contribution in [3.8, 4) is 17.1 Å². The number of nitrogens with zero attached hydrogens (tertiary/aromatic N) is 2. The van der Waals surface area contributed by atoms with E-state index < -0.39 is 5.91 Å². The summed E-state index contributed by atoms with van der Waals surface area (Å²) in [5.74, 6) is 1.67. The number of pyridine rings is 1. The highest BCUT2D eigenvalue weighted by atomic mass is 16.5. The number of aromatic nitrogens is 2. The second-order valence-corrected chi connectivity index (χ2v) is 8.14. The molecule has 0 unspecified atom stereocenters. The largest absolute Gasteiger partial charge is 0.497 e. The Balaban J connectivity index is 1.30. The first-order chi connectivity index (χ1) is 15.1. The zero-order valence-electron chi connectivity index (χ0n) is 17.3. The van der Waals surface area contributed by atoms with Gasteiger partial charge in [0.25, 0.3) is 11.5 Å². The van der Waals surface area contributed by atoms with Gasteiger partial charge < -0.3 is 24.5 Å². The van der Waals surface area contributed by atoms with Gasteiger partial charge in [0, 0.05) is 36.3 Å². The first-order valence-electron chi connectivity index (χ1n) is 10.4. The molecule has 0 spiro atoms. The monoisotopic (exact) mass is 420 g/mol. The average molecular weight is 420 g/mol. The van der Waals surface area contributed by atoms with Crippen LogP contribution in [0.25, 0.3) is 11.3 Å². The molecule has 8 nitrogen and oxygen atoms in total. The molecule has 0 saturated carbocycles. The number of ether oxygens (including phenoxy) is 1. The normalized spacial score (nSPS) is 19.5. The van der Waals surface area contributed by atoms with E-state index in [1.807, 2.05) is 30.3 Å². The van der Waals surface area contributed by atoms with Crippen molar-refractivity contribution in [3.63, 3.8) is 0 Å². The lowest BCUT2D eigenvalue weighted by Crippen LogP contribution is -2.46. The average Bonchev–Trinajstić information content (AvgIpc) is 3.28. The summed E-state index contributed by atoms with van der Waals surface area (Å²) < 4.78 is 12.4. The van der Waals surface area contributed by atoms with E-state index >= 15 is 0 Å². The number of carbonyl (C=O) groups excluding carboxylic acids is 1. The molecule has 2 atom stereocenters. The van der Waals surface area contributed by atoms with Crippen LogP contribution in [0.4, 0.5) is 0 Å². The molecule has 160 valence electrons. The second-order valence-electron chi connectivity index (χ2n) is 8.14. The molecule has 2 bridgehead atoms. The van der Waals surface area contributed by atoms with Crippen LogP contribution in [0.3, 0.4) is 0 Å². The molecule has 5 rings (SSSR count). The standard InChI is InChI=1S/C23H24N4O4/c1-30-18-4-2-3-15(8-18)21-9-17(26-31-21)12-25-22(28)19-5-6-20-16-7-14(10-24-11-16)13-27(20)23(19)29/h2-6,8-9,14,16,24H,7,10-13H2,1H3,(H,25,28)/t14-,16+/m0/s1. The van der Waals surface area contributed by atoms with Gasteiger partial charge in [-0.05, 0) is 43.1 Å². The first-order valence-corrected chi connectivity index (χ1v) is 10.4. The Kier molecular flexibility index (Phi) is 5.07. The van der Waals surface area contributed by atoms with E-state index in [0.29, 0.717) is 29.8 Å². The van der Waals surface area contributed by atoms with Crippen LogP contribution in [-0.2, 0) is 13.1 Å². The van der Waals surface area contributed by atoms with Crippen molar-refractivity contribution in [2.24, 2.45) is 5.92 Å². The quantitative estimate of drug-likeness (QED) is 0.656. The van der Waals surface area contributed by atoms with Gasteiger partial charge in [0.15, 0.2) is 5.76 Å². The summed E-state index contributed by atoms with van der Waals surface area (Å²) in [5, 5.41) is 10.2. The molecule has 3 aromatic rings. The van der Waals surface area contributed by atoms with E-state index in [0.717, 1.165) is 36.5 Å². The Hall–Kier alpha value is -3.39. The summed E-state index contributed by atoms with van der Waals surface area (Å²) in [6, 6.07) is 12.8. The highest BCUT2D eigenvalue weighted by molar-refractivity contribution is 5.93. The van der Waals surface area contributed by atoms with Gasteiger partial charge in [-0.3, -0.25) is 9.59 Å². The number of hydrogen-bond donors (Lipinski definition) is 2. The third kappa shape index (κ3) is 3.74. The van der Waals surface area contributed by atoms with Gasteiger partial charge in [0.05, 0.1) is 13.7 Å². The molecule has 1 saturated heterocycles. The summed E-state index contributed by atoms with van der Waals surface area (Å²) >= 11 is 0. The number of rotatable bonds is 5. The SMILES string of the molecule is COc1cccc(-c2cc(CNC(=O)c3ccc4n(c3=O)C[C@@H]3CNC[C@H]4C3)no2)c1. The zero-order valence-corrected chi connectivity index (χ0v) is 17.3. The van der Waals surface area contributed by atoms with E-state index in [-0.39, 0.29) is 17.7 Å². The minimum Gasteiger partial charge on any atom is -0.497 e. The van der Waals surface area contributed by atoms with Crippen LogP contribution >= 0.6 is 0 Å². The fourth-order valence-electron chi connectivity index (χ4n) is 4.54. The van der Waals surface area contributed by atoms with Crippen molar-refractivity contribution in [1.82, 2.24) is 20.4 Å². The molecule has 8 heteroatoms. The molecule has 31 heavy (non-hydrogen) atoms. The Morgan fingerprint density at radius 1 is 1.29 bits per heavy atom. The maximum Gasteiger partial charge on any atom is 0.263 e. The number of methoxy groups -OCH3 is 1. The molecular weight excluding hydrogens is 396 g/mol. The van der Waals surface area contributed by atoms with Crippen molar-refractivity contribution < 1.29 is 14.1 Å². The molecule has 2 aromatic heterocycles. The van der Waals surface area contributed by atoms with Crippen LogP contribution in [0.1, 0.15) is 34.1 Å². The number of fused-ring (bicyclic) bond motifs is 4. The van der Waals surface area contributed by atoms with Gasteiger partial charge in [0.2, 0.25) is 0 Å². The smallest absolute Gasteiger partial charge is 0.263 e. The Bertz CT molecular complexity index is 1180. The molecule has 1 amide bonds. The third-order valence-corrected chi connectivity index (χ3v) is 6.10. The molecule has 1 aromatic carbocycles. The van der Waals surface area contributed by atoms with E-state index in [4.69, 9.17) is 9.26 Å². The highest BCUT2D eigenvalue weighted by Crippen LogP contribution is 2.31. The predicted octanol–water partition coefficient (Wildman–Crippen LogP) is 2.15. The molecule has 2 aliphatic heterocycles. The summed E-state index contributed by atoms with van der Waals surface area (Å²) in [6.07, 6.45) is 1.10. The van der Waals surface area contributed by atoms with Crippen LogP contribution in [-0.4, -0.2) is 35.8 Å². The van der Waals surface area contributed by atoms with Gasteiger partial charge in [-0.25, -0.2) is 0 Å². The van der Waals surface area contributed by atoms with E-state index in [1.54, 1.807) is 23.8 Å². The van der Waals surface area contributed by atoms with E-state index in [9.17, 15) is 9.59 Å². The van der Waals surface area contributed by atoms with E-state index in [1.165, 1.54) is 0 Å². The first kappa shape index (κ1) is 19.6. The van der Waals surface area contributed by atoms with Crippen molar-refractivity contribution in [3.05, 3.63) is 69.8 Å². The van der Waals surface area contributed by atoms with Gasteiger partial charge in [-0.2, -0.15) is 0 Å². The van der Waals surface area contributed by atoms with Crippen LogP contribution in [0.15, 0.2) is 51.8 Å². The number of piperidine rings is 1. The summed E-state index contributed by atoms with van der Waals surface area (Å²) in [5.41, 5.74) is 2.36. The van der Waals surface area contributed by atoms with Gasteiger partial charge >= 0.3 is 0 Å². The van der Waals surface area contributed by atoms with E-state index in [2.05, 4.69) is 15.8 Å². The fraction of sp³-hybridized carbons (Fsp3) is 0.348. The molecule has 1 fully saturated rings. The topological polar surface area (TPSA) is 98.4 Å². The minimum absolute atomic E-state index is 0.160.